The lowest BCUT2D eigenvalue weighted by Crippen LogP contribution is -2.31. The highest BCUT2D eigenvalue weighted by Crippen LogP contribution is 2.11. The Balaban J connectivity index is 0.00000162. The van der Waals surface area contributed by atoms with Crippen LogP contribution in [-0.4, -0.2) is 29.9 Å². The van der Waals surface area contributed by atoms with Crippen molar-refractivity contribution in [1.29, 1.82) is 0 Å². The summed E-state index contributed by atoms with van der Waals surface area (Å²) in [6, 6.07) is 6.51. The first-order chi connectivity index (χ1) is 8.15. The molecule has 0 unspecified atom stereocenters. The van der Waals surface area contributed by atoms with E-state index in [-0.39, 0.29) is 30.2 Å². The number of likely N-dealkylation sites (tertiary alicyclic amines) is 1. The molecule has 1 aromatic rings. The molecule has 1 atom stereocenters. The molecule has 0 spiro atoms. The van der Waals surface area contributed by atoms with Crippen molar-refractivity contribution < 1.29 is 9.18 Å². The van der Waals surface area contributed by atoms with Gasteiger partial charge in [0.2, 0.25) is 5.91 Å². The summed E-state index contributed by atoms with van der Waals surface area (Å²) >= 11 is 0. The van der Waals surface area contributed by atoms with Crippen molar-refractivity contribution >= 4 is 18.3 Å². The molecular formula is C13H18ClFN2O. The predicted octanol–water partition coefficient (Wildman–Crippen LogP) is 1.74. The van der Waals surface area contributed by atoms with Gasteiger partial charge in [-0.1, -0.05) is 12.1 Å². The number of aryl methyl sites for hydroxylation is 1. The number of halogens is 2. The van der Waals surface area contributed by atoms with Gasteiger partial charge in [-0.15, -0.1) is 12.4 Å². The Kier molecular flexibility index (Phi) is 5.56. The number of carbonyl (C=O) groups is 1. The van der Waals surface area contributed by atoms with Crippen molar-refractivity contribution in [1.82, 2.24) is 4.90 Å². The highest BCUT2D eigenvalue weighted by molar-refractivity contribution is 5.85. The summed E-state index contributed by atoms with van der Waals surface area (Å²) in [6.45, 7) is 1.41. The summed E-state index contributed by atoms with van der Waals surface area (Å²) in [5, 5.41) is 0. The lowest BCUT2D eigenvalue weighted by atomic mass is 10.1. The minimum atomic E-state index is -0.252. The van der Waals surface area contributed by atoms with Gasteiger partial charge in [0.1, 0.15) is 5.82 Å². The van der Waals surface area contributed by atoms with Crippen LogP contribution in [0.1, 0.15) is 18.4 Å². The molecule has 1 aliphatic rings. The van der Waals surface area contributed by atoms with Crippen molar-refractivity contribution in [3.8, 4) is 0 Å². The van der Waals surface area contributed by atoms with Crippen LogP contribution in [0.3, 0.4) is 0 Å². The SMILES string of the molecule is Cl.N[C@@H]1CCN(C(=O)CCc2cccc(F)c2)C1. The van der Waals surface area contributed by atoms with Gasteiger partial charge >= 0.3 is 0 Å². The molecule has 0 aromatic heterocycles. The minimum absolute atomic E-state index is 0. The Morgan fingerprint density at radius 2 is 2.28 bits per heavy atom. The summed E-state index contributed by atoms with van der Waals surface area (Å²) in [7, 11) is 0. The van der Waals surface area contributed by atoms with Gasteiger partial charge in [0.15, 0.2) is 0 Å². The second-order valence-electron chi connectivity index (χ2n) is 4.52. The molecule has 3 nitrogen and oxygen atoms in total. The predicted molar refractivity (Wildman–Crippen MR) is 71.1 cm³/mol. The molecule has 100 valence electrons. The van der Waals surface area contributed by atoms with E-state index >= 15 is 0 Å². The van der Waals surface area contributed by atoms with E-state index in [2.05, 4.69) is 0 Å². The van der Waals surface area contributed by atoms with Crippen LogP contribution in [0, 0.1) is 5.82 Å². The molecule has 1 amide bonds. The molecule has 0 aliphatic carbocycles. The molecule has 1 aromatic carbocycles. The first-order valence-corrected chi connectivity index (χ1v) is 5.93. The number of nitrogens with zero attached hydrogens (tertiary/aromatic N) is 1. The lowest BCUT2D eigenvalue weighted by molar-refractivity contribution is -0.130. The fraction of sp³-hybridized carbons (Fsp3) is 0.462. The van der Waals surface area contributed by atoms with Crippen molar-refractivity contribution in [2.75, 3.05) is 13.1 Å². The van der Waals surface area contributed by atoms with Gasteiger partial charge in [-0.05, 0) is 30.5 Å². The van der Waals surface area contributed by atoms with Gasteiger partial charge in [0, 0.05) is 25.6 Å². The number of benzene rings is 1. The van der Waals surface area contributed by atoms with E-state index in [9.17, 15) is 9.18 Å². The fourth-order valence-electron chi connectivity index (χ4n) is 2.12. The minimum Gasteiger partial charge on any atom is -0.341 e. The first-order valence-electron chi connectivity index (χ1n) is 5.93. The molecule has 0 saturated carbocycles. The molecule has 1 fully saturated rings. The maximum Gasteiger partial charge on any atom is 0.222 e. The van der Waals surface area contributed by atoms with Crippen molar-refractivity contribution in [3.63, 3.8) is 0 Å². The van der Waals surface area contributed by atoms with Gasteiger partial charge < -0.3 is 10.6 Å². The molecule has 1 aliphatic heterocycles. The summed E-state index contributed by atoms with van der Waals surface area (Å²) in [6.07, 6.45) is 1.89. The van der Waals surface area contributed by atoms with Gasteiger partial charge in [-0.25, -0.2) is 4.39 Å². The highest BCUT2D eigenvalue weighted by Gasteiger charge is 2.22. The van der Waals surface area contributed by atoms with Crippen molar-refractivity contribution in [3.05, 3.63) is 35.6 Å². The highest BCUT2D eigenvalue weighted by atomic mass is 35.5. The Morgan fingerprint density at radius 3 is 2.89 bits per heavy atom. The molecule has 0 radical (unpaired) electrons. The van der Waals surface area contributed by atoms with Gasteiger partial charge in [0.05, 0.1) is 0 Å². The first kappa shape index (κ1) is 14.9. The average molecular weight is 273 g/mol. The smallest absolute Gasteiger partial charge is 0.222 e. The molecular weight excluding hydrogens is 255 g/mol. The van der Waals surface area contributed by atoms with E-state index in [1.807, 2.05) is 6.07 Å². The van der Waals surface area contributed by atoms with Crippen LogP contribution in [0.25, 0.3) is 0 Å². The van der Waals surface area contributed by atoms with Crippen LogP contribution in [0.4, 0.5) is 4.39 Å². The van der Waals surface area contributed by atoms with Crippen LogP contribution in [0.5, 0.6) is 0 Å². The number of carbonyl (C=O) groups excluding carboxylic acids is 1. The van der Waals surface area contributed by atoms with E-state index in [1.54, 1.807) is 11.0 Å². The third-order valence-corrected chi connectivity index (χ3v) is 3.09. The zero-order valence-corrected chi connectivity index (χ0v) is 11.0. The van der Waals surface area contributed by atoms with Crippen LogP contribution in [0.2, 0.25) is 0 Å². The molecule has 1 heterocycles. The van der Waals surface area contributed by atoms with E-state index < -0.39 is 0 Å². The van der Waals surface area contributed by atoms with E-state index in [0.29, 0.717) is 19.4 Å². The Morgan fingerprint density at radius 1 is 1.50 bits per heavy atom. The van der Waals surface area contributed by atoms with Crippen LogP contribution in [-0.2, 0) is 11.2 Å². The maximum atomic E-state index is 12.9. The standard InChI is InChI=1S/C13H17FN2O.ClH/c14-11-3-1-2-10(8-11)4-5-13(17)16-7-6-12(15)9-16;/h1-3,8,12H,4-7,9,15H2;1H/t12-;/m1./s1. The quantitative estimate of drug-likeness (QED) is 0.911. The fourth-order valence-corrected chi connectivity index (χ4v) is 2.12. The van der Waals surface area contributed by atoms with Gasteiger partial charge in [-0.3, -0.25) is 4.79 Å². The molecule has 0 bridgehead atoms. The average Bonchev–Trinajstić information content (AvgIpc) is 2.73. The molecule has 2 N–H and O–H groups in total. The van der Waals surface area contributed by atoms with Crippen LogP contribution in [0.15, 0.2) is 24.3 Å². The third-order valence-electron chi connectivity index (χ3n) is 3.09. The number of nitrogens with two attached hydrogens (primary N) is 1. The second-order valence-corrected chi connectivity index (χ2v) is 4.52. The number of hydrogen-bond donors (Lipinski definition) is 1. The maximum absolute atomic E-state index is 12.9. The zero-order valence-electron chi connectivity index (χ0n) is 10.1. The Labute approximate surface area is 113 Å². The van der Waals surface area contributed by atoms with E-state index in [4.69, 9.17) is 5.73 Å². The summed E-state index contributed by atoms with van der Waals surface area (Å²) in [4.78, 5) is 13.6. The van der Waals surface area contributed by atoms with Gasteiger partial charge in [-0.2, -0.15) is 0 Å². The number of hydrogen-bond acceptors (Lipinski definition) is 2. The van der Waals surface area contributed by atoms with Crippen molar-refractivity contribution in [2.45, 2.75) is 25.3 Å². The second kappa shape index (κ2) is 6.71. The van der Waals surface area contributed by atoms with E-state index in [1.165, 1.54) is 12.1 Å². The molecule has 1 saturated heterocycles. The summed E-state index contributed by atoms with van der Waals surface area (Å²) < 4.78 is 12.9. The van der Waals surface area contributed by atoms with Gasteiger partial charge in [0.25, 0.3) is 0 Å². The van der Waals surface area contributed by atoms with Crippen molar-refractivity contribution in [2.24, 2.45) is 5.73 Å². The summed E-state index contributed by atoms with van der Waals surface area (Å²) in [5.41, 5.74) is 6.61. The third kappa shape index (κ3) is 3.96. The van der Waals surface area contributed by atoms with E-state index in [0.717, 1.165) is 18.5 Å². The number of rotatable bonds is 3. The normalized spacial score (nSPS) is 18.6. The van der Waals surface area contributed by atoms with Crippen LogP contribution < -0.4 is 5.73 Å². The Hall–Kier alpha value is -1.13. The number of amides is 1. The summed E-state index contributed by atoms with van der Waals surface area (Å²) in [5.74, 6) is -0.139. The zero-order chi connectivity index (χ0) is 12.3. The van der Waals surface area contributed by atoms with Crippen LogP contribution >= 0.6 is 12.4 Å². The molecule has 2 rings (SSSR count). The largest absolute Gasteiger partial charge is 0.341 e. The lowest BCUT2D eigenvalue weighted by Gasteiger charge is -2.15. The monoisotopic (exact) mass is 272 g/mol. The topological polar surface area (TPSA) is 46.3 Å². The molecule has 18 heavy (non-hydrogen) atoms. The Bertz CT molecular complexity index is 414. The molecule has 5 heteroatoms.